The van der Waals surface area contributed by atoms with Crippen LogP contribution in [0.1, 0.15) is 81.8 Å². The van der Waals surface area contributed by atoms with Crippen molar-refractivity contribution < 1.29 is 10.2 Å². The smallest absolute Gasteiger partial charge is 0.115 e. The highest BCUT2D eigenvalue weighted by Gasteiger charge is 2.63. The molecule has 1 aromatic carbocycles. The Morgan fingerprint density at radius 3 is 2.68 bits per heavy atom. The Kier molecular flexibility index (Phi) is 6.57. The number of aryl methyl sites for hydroxylation is 1. The second kappa shape index (κ2) is 8.90. The maximum Gasteiger partial charge on any atom is 0.115 e. The number of phenolic OH excluding ortho intramolecular Hbond substituents is 1. The molecule has 6 atom stereocenters. The maximum atomic E-state index is 11.1. The summed E-state index contributed by atoms with van der Waals surface area (Å²) in [5.74, 6) is 1.94. The minimum absolute atomic E-state index is 0.00863. The molecule has 1 aromatic rings. The summed E-state index contributed by atoms with van der Waals surface area (Å²) in [7, 11) is 4.30. The largest absolute Gasteiger partial charge is 0.508 e. The summed E-state index contributed by atoms with van der Waals surface area (Å²) in [6, 6.07) is 6.08. The van der Waals surface area contributed by atoms with Crippen LogP contribution in [0.2, 0.25) is 0 Å². The number of aliphatic hydroxyl groups excluding tert-OH is 1. The monoisotopic (exact) mass is 425 g/mol. The third-order valence-electron chi connectivity index (χ3n) is 9.29. The molecule has 0 saturated heterocycles. The first-order valence-electron chi connectivity index (χ1n) is 12.6. The van der Waals surface area contributed by atoms with E-state index in [1.54, 1.807) is 0 Å². The number of unbranched alkanes of at least 4 members (excludes halogenated alkanes) is 3. The summed E-state index contributed by atoms with van der Waals surface area (Å²) in [5.41, 5.74) is 2.87. The molecule has 3 aliphatic carbocycles. The van der Waals surface area contributed by atoms with Crippen LogP contribution < -0.4 is 0 Å². The van der Waals surface area contributed by atoms with Crippen LogP contribution >= 0.6 is 0 Å². The van der Waals surface area contributed by atoms with Crippen molar-refractivity contribution in [2.75, 3.05) is 20.6 Å². The van der Waals surface area contributed by atoms with E-state index in [-0.39, 0.29) is 16.9 Å². The van der Waals surface area contributed by atoms with Gasteiger partial charge in [-0.15, -0.1) is 6.58 Å². The summed E-state index contributed by atoms with van der Waals surface area (Å²) in [5, 5.41) is 21.2. The second-order valence-electron chi connectivity index (χ2n) is 11.3. The van der Waals surface area contributed by atoms with Gasteiger partial charge in [-0.2, -0.15) is 0 Å². The summed E-state index contributed by atoms with van der Waals surface area (Å²) in [6.45, 7) is 7.95. The lowest BCUT2D eigenvalue weighted by atomic mass is 9.44. The second-order valence-corrected chi connectivity index (χ2v) is 11.3. The number of rotatable bonds is 8. The zero-order valence-electron chi connectivity index (χ0n) is 19.9. The molecule has 2 unspecified atom stereocenters. The van der Waals surface area contributed by atoms with E-state index in [2.05, 4.69) is 44.6 Å². The first kappa shape index (κ1) is 22.9. The van der Waals surface area contributed by atoms with E-state index in [0.29, 0.717) is 23.5 Å². The van der Waals surface area contributed by atoms with Crippen LogP contribution in [0.3, 0.4) is 0 Å². The SMILES string of the molecule is C=C[C@@]12CCc3cc(O)ccc3C1[C@@H](CCCCCCN(C)C)C[C@@]1(C)C2CC[C@@H]1O. The molecular formula is C28H43NO2. The third kappa shape index (κ3) is 3.97. The van der Waals surface area contributed by atoms with Crippen molar-refractivity contribution >= 4 is 0 Å². The normalized spacial score (nSPS) is 36.7. The lowest BCUT2D eigenvalue weighted by Crippen LogP contribution is -2.54. The number of allylic oxidation sites excluding steroid dienone is 1. The van der Waals surface area contributed by atoms with Crippen LogP contribution in [-0.4, -0.2) is 41.9 Å². The molecule has 0 heterocycles. The molecule has 0 bridgehead atoms. The molecule has 2 N–H and O–H groups in total. The Hall–Kier alpha value is -1.32. The van der Waals surface area contributed by atoms with Crippen molar-refractivity contribution in [3.8, 4) is 5.75 Å². The van der Waals surface area contributed by atoms with Gasteiger partial charge in [-0.3, -0.25) is 0 Å². The van der Waals surface area contributed by atoms with Crippen LogP contribution in [0.15, 0.2) is 30.9 Å². The predicted octanol–water partition coefficient (Wildman–Crippen LogP) is 5.90. The number of fused-ring (bicyclic) bond motifs is 5. The maximum absolute atomic E-state index is 11.1. The lowest BCUT2D eigenvalue weighted by Gasteiger charge is -2.60. The summed E-state index contributed by atoms with van der Waals surface area (Å²) >= 11 is 0. The quantitative estimate of drug-likeness (QED) is 0.402. The highest BCUT2D eigenvalue weighted by molar-refractivity contribution is 5.43. The van der Waals surface area contributed by atoms with Crippen molar-refractivity contribution in [2.24, 2.45) is 22.7 Å². The fourth-order valence-electron chi connectivity index (χ4n) is 7.88. The van der Waals surface area contributed by atoms with Gasteiger partial charge in [0.1, 0.15) is 5.75 Å². The molecule has 0 radical (unpaired) electrons. The zero-order chi connectivity index (χ0) is 22.2. The van der Waals surface area contributed by atoms with E-state index >= 15 is 0 Å². The Labute approximate surface area is 189 Å². The van der Waals surface area contributed by atoms with Crippen molar-refractivity contribution in [1.82, 2.24) is 4.90 Å². The Balaban J connectivity index is 1.61. The molecule has 0 spiro atoms. The standard InChI is InChI=1S/C28H43NO2/c1-5-28-16-15-20-18-22(30)11-12-23(20)26(28)21(10-8-6-7-9-17-29(3)4)19-27(2)24(28)13-14-25(27)31/h5,11-12,18,21,24-26,30-31H,1,6-10,13-17,19H2,2-4H3/t21-,24?,25-,26?,27-,28-/m0/s1. The topological polar surface area (TPSA) is 43.7 Å². The van der Waals surface area contributed by atoms with Gasteiger partial charge in [-0.25, -0.2) is 0 Å². The van der Waals surface area contributed by atoms with E-state index in [4.69, 9.17) is 0 Å². The van der Waals surface area contributed by atoms with Crippen LogP contribution in [-0.2, 0) is 6.42 Å². The summed E-state index contributed by atoms with van der Waals surface area (Å²) < 4.78 is 0. The van der Waals surface area contributed by atoms with Gasteiger partial charge in [-0.05, 0) is 117 Å². The molecule has 0 amide bonds. The minimum atomic E-state index is -0.181. The van der Waals surface area contributed by atoms with Gasteiger partial charge in [0.05, 0.1) is 6.10 Å². The van der Waals surface area contributed by atoms with Gasteiger partial charge in [0, 0.05) is 0 Å². The van der Waals surface area contributed by atoms with Crippen molar-refractivity contribution in [1.29, 1.82) is 0 Å². The molecule has 2 fully saturated rings. The van der Waals surface area contributed by atoms with E-state index in [9.17, 15) is 10.2 Å². The molecule has 3 nitrogen and oxygen atoms in total. The Morgan fingerprint density at radius 2 is 1.94 bits per heavy atom. The minimum Gasteiger partial charge on any atom is -0.508 e. The van der Waals surface area contributed by atoms with E-state index in [1.807, 2.05) is 12.1 Å². The number of hydrogen-bond donors (Lipinski definition) is 2. The zero-order valence-corrected chi connectivity index (χ0v) is 19.9. The van der Waals surface area contributed by atoms with E-state index in [0.717, 1.165) is 32.1 Å². The fraction of sp³-hybridized carbons (Fsp3) is 0.714. The summed E-state index contributed by atoms with van der Waals surface area (Å²) in [4.78, 5) is 2.27. The number of nitrogens with zero attached hydrogens (tertiary/aromatic N) is 1. The highest BCUT2D eigenvalue weighted by atomic mass is 16.3. The molecule has 4 rings (SSSR count). The number of aliphatic hydroxyl groups is 1. The summed E-state index contributed by atoms with van der Waals surface area (Å²) in [6.07, 6.45) is 13.8. The Morgan fingerprint density at radius 1 is 1.16 bits per heavy atom. The average Bonchev–Trinajstić information content (AvgIpc) is 3.04. The molecule has 31 heavy (non-hydrogen) atoms. The highest BCUT2D eigenvalue weighted by Crippen LogP contribution is 2.69. The van der Waals surface area contributed by atoms with E-state index < -0.39 is 0 Å². The van der Waals surface area contributed by atoms with Gasteiger partial charge in [-0.1, -0.05) is 38.3 Å². The van der Waals surface area contributed by atoms with Crippen molar-refractivity contribution in [3.05, 3.63) is 42.0 Å². The molecule has 0 aliphatic heterocycles. The lowest BCUT2D eigenvalue weighted by molar-refractivity contribution is -0.0812. The first-order chi connectivity index (χ1) is 14.8. The Bertz CT molecular complexity index is 789. The first-order valence-corrected chi connectivity index (χ1v) is 12.6. The molecule has 172 valence electrons. The molecular weight excluding hydrogens is 382 g/mol. The van der Waals surface area contributed by atoms with Crippen molar-refractivity contribution in [3.63, 3.8) is 0 Å². The third-order valence-corrected chi connectivity index (χ3v) is 9.29. The number of benzene rings is 1. The number of phenols is 1. The molecule has 3 heteroatoms. The number of hydrogen-bond acceptors (Lipinski definition) is 3. The van der Waals surface area contributed by atoms with Gasteiger partial charge in [0.25, 0.3) is 0 Å². The molecule has 2 saturated carbocycles. The molecule has 3 aliphatic rings. The van der Waals surface area contributed by atoms with Crippen LogP contribution in [0.25, 0.3) is 0 Å². The predicted molar refractivity (Wildman–Crippen MR) is 128 cm³/mol. The van der Waals surface area contributed by atoms with E-state index in [1.165, 1.54) is 49.8 Å². The average molecular weight is 426 g/mol. The van der Waals surface area contributed by atoms with Gasteiger partial charge >= 0.3 is 0 Å². The van der Waals surface area contributed by atoms with Gasteiger partial charge in [0.15, 0.2) is 0 Å². The van der Waals surface area contributed by atoms with Crippen LogP contribution in [0.5, 0.6) is 5.75 Å². The number of aromatic hydroxyl groups is 1. The molecule has 0 aromatic heterocycles. The van der Waals surface area contributed by atoms with Crippen LogP contribution in [0.4, 0.5) is 0 Å². The van der Waals surface area contributed by atoms with Gasteiger partial charge in [0.2, 0.25) is 0 Å². The van der Waals surface area contributed by atoms with Crippen LogP contribution in [0, 0.1) is 22.7 Å². The van der Waals surface area contributed by atoms with Gasteiger partial charge < -0.3 is 15.1 Å². The van der Waals surface area contributed by atoms with Crippen molar-refractivity contribution in [2.45, 2.75) is 83.2 Å². The fourth-order valence-corrected chi connectivity index (χ4v) is 7.88.